The molecule has 33 heavy (non-hydrogen) atoms. The van der Waals surface area contributed by atoms with E-state index in [-0.39, 0.29) is 12.4 Å². The molecule has 0 atom stereocenters. The Labute approximate surface area is 193 Å². The van der Waals surface area contributed by atoms with Crippen molar-refractivity contribution in [2.75, 3.05) is 44.8 Å². The standard InChI is InChI=1S/C24H27N3O3.CH2O2/c1-17-15-22(26-23-16-19(25-18(2)28)7-8-20(17)23)21-5-3-4-6-24(21)30-14-11-27-9-12-29-13-10-27;2-1-3/h3-8,15-16H,9-14H2,1-2H3,(H,25,28);1H,(H,2,3). The van der Waals surface area contributed by atoms with Gasteiger partial charge in [-0.25, -0.2) is 4.98 Å². The van der Waals surface area contributed by atoms with Crippen LogP contribution in [0.1, 0.15) is 12.5 Å². The maximum absolute atomic E-state index is 11.4. The summed E-state index contributed by atoms with van der Waals surface area (Å²) in [6, 6.07) is 15.9. The molecular formula is C25H29N3O5. The number of nitrogens with zero attached hydrogens (tertiary/aromatic N) is 2. The van der Waals surface area contributed by atoms with E-state index in [1.165, 1.54) is 6.92 Å². The highest BCUT2D eigenvalue weighted by Crippen LogP contribution is 2.32. The highest BCUT2D eigenvalue weighted by molar-refractivity contribution is 5.93. The average molecular weight is 452 g/mol. The number of ether oxygens (including phenoxy) is 2. The van der Waals surface area contributed by atoms with Gasteiger partial charge in [-0.05, 0) is 42.8 Å². The molecule has 2 aromatic carbocycles. The summed E-state index contributed by atoms with van der Waals surface area (Å²) >= 11 is 0. The molecule has 4 rings (SSSR count). The molecule has 0 unspecified atom stereocenters. The number of amides is 1. The summed E-state index contributed by atoms with van der Waals surface area (Å²) in [5, 5.41) is 10.8. The zero-order valence-electron chi connectivity index (χ0n) is 18.9. The van der Waals surface area contributed by atoms with Crippen molar-refractivity contribution in [2.24, 2.45) is 0 Å². The number of carbonyl (C=O) groups is 2. The minimum absolute atomic E-state index is 0.0961. The van der Waals surface area contributed by atoms with Crippen LogP contribution in [0.5, 0.6) is 5.75 Å². The normalized spacial score (nSPS) is 13.6. The van der Waals surface area contributed by atoms with Gasteiger partial charge in [-0.3, -0.25) is 14.5 Å². The summed E-state index contributed by atoms with van der Waals surface area (Å²) in [7, 11) is 0. The molecule has 1 saturated heterocycles. The van der Waals surface area contributed by atoms with Gasteiger partial charge in [0.2, 0.25) is 5.91 Å². The third-order valence-corrected chi connectivity index (χ3v) is 5.27. The fraction of sp³-hybridized carbons (Fsp3) is 0.320. The first-order valence-corrected chi connectivity index (χ1v) is 10.8. The number of anilines is 1. The summed E-state index contributed by atoms with van der Waals surface area (Å²) in [5.74, 6) is 0.733. The number of rotatable bonds is 6. The van der Waals surface area contributed by atoms with E-state index in [2.05, 4.69) is 23.2 Å². The number of hydrogen-bond donors (Lipinski definition) is 2. The van der Waals surface area contributed by atoms with E-state index in [1.54, 1.807) is 0 Å². The van der Waals surface area contributed by atoms with Crippen molar-refractivity contribution in [2.45, 2.75) is 13.8 Å². The molecule has 0 saturated carbocycles. The van der Waals surface area contributed by atoms with Gasteiger partial charge in [-0.1, -0.05) is 18.2 Å². The van der Waals surface area contributed by atoms with E-state index in [9.17, 15) is 4.79 Å². The Bertz CT molecular complexity index is 1100. The highest BCUT2D eigenvalue weighted by Gasteiger charge is 2.13. The number of hydrogen-bond acceptors (Lipinski definition) is 6. The zero-order chi connectivity index (χ0) is 23.6. The maximum atomic E-state index is 11.4. The third-order valence-electron chi connectivity index (χ3n) is 5.27. The van der Waals surface area contributed by atoms with Crippen molar-refractivity contribution in [3.8, 4) is 17.0 Å². The maximum Gasteiger partial charge on any atom is 0.290 e. The minimum atomic E-state index is -0.250. The van der Waals surface area contributed by atoms with E-state index in [1.807, 2.05) is 42.5 Å². The monoisotopic (exact) mass is 451 g/mol. The molecule has 8 heteroatoms. The van der Waals surface area contributed by atoms with Crippen LogP contribution in [0.4, 0.5) is 5.69 Å². The average Bonchev–Trinajstić information content (AvgIpc) is 2.80. The van der Waals surface area contributed by atoms with Gasteiger partial charge in [0.25, 0.3) is 6.47 Å². The lowest BCUT2D eigenvalue weighted by Crippen LogP contribution is -2.38. The van der Waals surface area contributed by atoms with Gasteiger partial charge in [0.1, 0.15) is 12.4 Å². The van der Waals surface area contributed by atoms with Crippen molar-refractivity contribution in [1.82, 2.24) is 9.88 Å². The number of nitrogens with one attached hydrogen (secondary N) is 1. The molecule has 0 spiro atoms. The van der Waals surface area contributed by atoms with E-state index >= 15 is 0 Å². The molecular weight excluding hydrogens is 422 g/mol. The molecule has 0 radical (unpaired) electrons. The van der Waals surface area contributed by atoms with Gasteiger partial charge in [-0.15, -0.1) is 0 Å². The summed E-state index contributed by atoms with van der Waals surface area (Å²) in [4.78, 5) is 27.0. The molecule has 1 aliphatic rings. The number of pyridine rings is 1. The van der Waals surface area contributed by atoms with Crippen LogP contribution in [-0.4, -0.2) is 66.8 Å². The topological polar surface area (TPSA) is 101 Å². The van der Waals surface area contributed by atoms with Crippen LogP contribution in [0.25, 0.3) is 22.2 Å². The van der Waals surface area contributed by atoms with E-state index in [4.69, 9.17) is 24.4 Å². The predicted molar refractivity (Wildman–Crippen MR) is 128 cm³/mol. The first kappa shape index (κ1) is 24.2. The van der Waals surface area contributed by atoms with Crippen molar-refractivity contribution in [1.29, 1.82) is 0 Å². The van der Waals surface area contributed by atoms with Gasteiger partial charge in [-0.2, -0.15) is 0 Å². The van der Waals surface area contributed by atoms with Crippen LogP contribution in [0.2, 0.25) is 0 Å². The van der Waals surface area contributed by atoms with Crippen molar-refractivity contribution in [3.05, 3.63) is 54.1 Å². The highest BCUT2D eigenvalue weighted by atomic mass is 16.5. The molecule has 1 fully saturated rings. The molecule has 1 amide bonds. The number of aromatic nitrogens is 1. The zero-order valence-corrected chi connectivity index (χ0v) is 18.9. The number of morpholine rings is 1. The molecule has 0 aliphatic carbocycles. The minimum Gasteiger partial charge on any atom is -0.492 e. The van der Waals surface area contributed by atoms with E-state index in [0.717, 1.165) is 72.0 Å². The lowest BCUT2D eigenvalue weighted by Gasteiger charge is -2.26. The Morgan fingerprint density at radius 3 is 2.67 bits per heavy atom. The van der Waals surface area contributed by atoms with Crippen molar-refractivity contribution >= 4 is 29.0 Å². The van der Waals surface area contributed by atoms with Gasteiger partial charge in [0, 0.05) is 43.2 Å². The van der Waals surface area contributed by atoms with Crippen LogP contribution < -0.4 is 10.1 Å². The summed E-state index contributed by atoms with van der Waals surface area (Å²) in [6.07, 6.45) is 0. The van der Waals surface area contributed by atoms with E-state index < -0.39 is 0 Å². The molecule has 1 aliphatic heterocycles. The summed E-state index contributed by atoms with van der Waals surface area (Å²) in [5.41, 5.74) is 4.55. The smallest absolute Gasteiger partial charge is 0.290 e. The second-order valence-electron chi connectivity index (χ2n) is 7.64. The Morgan fingerprint density at radius 2 is 1.94 bits per heavy atom. The van der Waals surface area contributed by atoms with Crippen molar-refractivity contribution in [3.63, 3.8) is 0 Å². The van der Waals surface area contributed by atoms with Crippen LogP contribution in [-0.2, 0) is 14.3 Å². The SMILES string of the molecule is CC(=O)Nc1ccc2c(C)cc(-c3ccccc3OCCN3CCOCC3)nc2c1.O=CO. The number of para-hydroxylation sites is 1. The Hall–Kier alpha value is -3.49. The van der Waals surface area contributed by atoms with Crippen LogP contribution in [0.3, 0.4) is 0 Å². The fourth-order valence-corrected chi connectivity index (χ4v) is 3.74. The molecule has 8 nitrogen and oxygen atoms in total. The summed E-state index contributed by atoms with van der Waals surface area (Å²) in [6.45, 7) is 8.31. The summed E-state index contributed by atoms with van der Waals surface area (Å²) < 4.78 is 11.5. The van der Waals surface area contributed by atoms with Crippen molar-refractivity contribution < 1.29 is 24.2 Å². The first-order chi connectivity index (χ1) is 16.0. The molecule has 174 valence electrons. The molecule has 2 N–H and O–H groups in total. The number of benzene rings is 2. The fourth-order valence-electron chi connectivity index (χ4n) is 3.74. The Balaban J connectivity index is 0.000000968. The van der Waals surface area contributed by atoms with E-state index in [0.29, 0.717) is 6.61 Å². The lowest BCUT2D eigenvalue weighted by molar-refractivity contribution is -0.123. The second-order valence-corrected chi connectivity index (χ2v) is 7.64. The van der Waals surface area contributed by atoms with Gasteiger partial charge >= 0.3 is 0 Å². The Morgan fingerprint density at radius 1 is 1.21 bits per heavy atom. The van der Waals surface area contributed by atoms with Gasteiger partial charge in [0.05, 0.1) is 24.4 Å². The number of carbonyl (C=O) groups excluding carboxylic acids is 1. The van der Waals surface area contributed by atoms with Gasteiger partial charge in [0.15, 0.2) is 0 Å². The number of carboxylic acid groups (broad SMARTS) is 1. The van der Waals surface area contributed by atoms with Crippen LogP contribution in [0, 0.1) is 6.92 Å². The first-order valence-electron chi connectivity index (χ1n) is 10.8. The predicted octanol–water partition coefficient (Wildman–Crippen LogP) is 3.58. The third kappa shape index (κ3) is 6.74. The second kappa shape index (κ2) is 11.9. The molecule has 2 heterocycles. The quantitative estimate of drug-likeness (QED) is 0.553. The van der Waals surface area contributed by atoms with Crippen LogP contribution >= 0.6 is 0 Å². The van der Waals surface area contributed by atoms with Gasteiger partial charge < -0.3 is 19.9 Å². The lowest BCUT2D eigenvalue weighted by atomic mass is 10.0. The number of aryl methyl sites for hydroxylation is 1. The largest absolute Gasteiger partial charge is 0.492 e. The molecule has 3 aromatic rings. The number of fused-ring (bicyclic) bond motifs is 1. The van der Waals surface area contributed by atoms with Crippen LogP contribution in [0.15, 0.2) is 48.5 Å². The molecule has 0 bridgehead atoms. The molecule has 1 aromatic heterocycles. The Kier molecular flexibility index (Phi) is 8.74.